The first kappa shape index (κ1) is 20.4. The average Bonchev–Trinajstić information content (AvgIpc) is 2.78. The lowest BCUT2D eigenvalue weighted by Crippen LogP contribution is -2.41. The highest BCUT2D eigenvalue weighted by atomic mass is 16.4. The normalized spacial score (nSPS) is 14.3. The molecule has 3 aromatic rings. The summed E-state index contributed by atoms with van der Waals surface area (Å²) in [4.78, 5) is 38.7. The van der Waals surface area contributed by atoms with Gasteiger partial charge in [-0.3, -0.25) is 9.59 Å². The molecule has 2 heterocycles. The molecule has 0 radical (unpaired) electrons. The summed E-state index contributed by atoms with van der Waals surface area (Å²) < 4.78 is 5.24. The maximum Gasteiger partial charge on any atom is 0.336 e. The predicted octanol–water partition coefficient (Wildman–Crippen LogP) is 3.46. The molecule has 0 spiro atoms. The zero-order valence-electron chi connectivity index (χ0n) is 17.1. The monoisotopic (exact) mass is 415 g/mol. The van der Waals surface area contributed by atoms with E-state index < -0.39 is 5.63 Å². The first-order valence-corrected chi connectivity index (χ1v) is 10.1. The van der Waals surface area contributed by atoms with Gasteiger partial charge in [-0.05, 0) is 61.7 Å². The van der Waals surface area contributed by atoms with E-state index in [1.807, 2.05) is 19.1 Å². The van der Waals surface area contributed by atoms with Crippen LogP contribution in [0, 0.1) is 24.2 Å². The number of amides is 2. The number of aryl methyl sites for hydroxylation is 1. The van der Waals surface area contributed by atoms with Crippen LogP contribution >= 0.6 is 0 Å². The van der Waals surface area contributed by atoms with E-state index in [1.54, 1.807) is 41.3 Å². The Morgan fingerprint density at radius 1 is 1.10 bits per heavy atom. The summed E-state index contributed by atoms with van der Waals surface area (Å²) in [6.07, 6.45) is 1.13. The minimum absolute atomic E-state index is 0.0942. The third-order valence-electron chi connectivity index (χ3n) is 5.63. The zero-order chi connectivity index (χ0) is 22.0. The second kappa shape index (κ2) is 8.44. The average molecular weight is 415 g/mol. The lowest BCUT2D eigenvalue weighted by Gasteiger charge is -2.31. The number of nitrogens with zero attached hydrogens (tertiary/aromatic N) is 2. The summed E-state index contributed by atoms with van der Waals surface area (Å²) in [5.74, 6) is -0.409. The molecule has 0 saturated carbocycles. The number of benzene rings is 2. The molecule has 1 saturated heterocycles. The minimum Gasteiger partial charge on any atom is -0.423 e. The van der Waals surface area contributed by atoms with Crippen LogP contribution in [-0.4, -0.2) is 29.8 Å². The second-order valence-electron chi connectivity index (χ2n) is 7.70. The Balaban J connectivity index is 1.38. The number of hydrogen-bond acceptors (Lipinski definition) is 5. The fourth-order valence-electron chi connectivity index (χ4n) is 3.86. The van der Waals surface area contributed by atoms with E-state index in [4.69, 9.17) is 9.68 Å². The molecule has 0 aliphatic carbocycles. The molecule has 1 N–H and O–H groups in total. The molecule has 1 aromatic heterocycles. The molecule has 1 fully saturated rings. The van der Waals surface area contributed by atoms with Crippen molar-refractivity contribution in [3.05, 3.63) is 75.6 Å². The van der Waals surface area contributed by atoms with Gasteiger partial charge in [-0.25, -0.2) is 4.79 Å². The van der Waals surface area contributed by atoms with Gasteiger partial charge in [-0.1, -0.05) is 0 Å². The van der Waals surface area contributed by atoms with Gasteiger partial charge < -0.3 is 14.6 Å². The summed E-state index contributed by atoms with van der Waals surface area (Å²) in [7, 11) is 0. The number of likely N-dealkylation sites (tertiary alicyclic amines) is 1. The molecular weight excluding hydrogens is 394 g/mol. The summed E-state index contributed by atoms with van der Waals surface area (Å²) in [6.45, 7) is 2.82. The van der Waals surface area contributed by atoms with Crippen LogP contribution in [0.25, 0.3) is 11.0 Å². The molecule has 1 aliphatic rings. The molecule has 0 bridgehead atoms. The first-order chi connectivity index (χ1) is 14.9. The van der Waals surface area contributed by atoms with Gasteiger partial charge in [0.1, 0.15) is 5.58 Å². The number of nitrogens with one attached hydrogen (secondary N) is 1. The van der Waals surface area contributed by atoms with Crippen molar-refractivity contribution in [3.8, 4) is 6.07 Å². The number of carbonyl (C=O) groups excluding carboxylic acids is 2. The molecule has 156 valence electrons. The first-order valence-electron chi connectivity index (χ1n) is 10.1. The van der Waals surface area contributed by atoms with Crippen LogP contribution in [0.5, 0.6) is 0 Å². The fourth-order valence-corrected chi connectivity index (χ4v) is 3.86. The van der Waals surface area contributed by atoms with Crippen LogP contribution in [0.15, 0.2) is 57.7 Å². The maximum atomic E-state index is 12.7. The summed E-state index contributed by atoms with van der Waals surface area (Å²) in [6, 6.07) is 15.3. The van der Waals surface area contributed by atoms with E-state index in [1.165, 1.54) is 6.07 Å². The molecule has 7 heteroatoms. The largest absolute Gasteiger partial charge is 0.423 e. The van der Waals surface area contributed by atoms with Crippen LogP contribution in [-0.2, 0) is 4.79 Å². The fraction of sp³-hybridized carbons (Fsp3) is 0.250. The molecule has 2 amide bonds. The van der Waals surface area contributed by atoms with E-state index in [-0.39, 0.29) is 17.7 Å². The smallest absolute Gasteiger partial charge is 0.336 e. The van der Waals surface area contributed by atoms with Crippen molar-refractivity contribution in [1.29, 1.82) is 5.26 Å². The molecule has 7 nitrogen and oxygen atoms in total. The summed E-state index contributed by atoms with van der Waals surface area (Å²) in [5, 5.41) is 12.6. The van der Waals surface area contributed by atoms with Gasteiger partial charge >= 0.3 is 5.63 Å². The van der Waals surface area contributed by atoms with Gasteiger partial charge in [0.2, 0.25) is 5.91 Å². The van der Waals surface area contributed by atoms with Crippen LogP contribution in [0.2, 0.25) is 0 Å². The highest BCUT2D eigenvalue weighted by Crippen LogP contribution is 2.24. The third kappa shape index (κ3) is 4.33. The number of nitriles is 1. The Hall–Kier alpha value is -3.92. The standard InChI is InChI=1S/C24H21N3O4/c1-15-12-22(28)31-21-13-19(6-7-20(15)21)26-23(29)17-8-10-27(11-9-17)24(30)18-4-2-16(14-25)3-5-18/h2-7,12-13,17H,8-11H2,1H3,(H,26,29). The highest BCUT2D eigenvalue weighted by Gasteiger charge is 2.28. The third-order valence-corrected chi connectivity index (χ3v) is 5.63. The Labute approximate surface area is 178 Å². The SMILES string of the molecule is Cc1cc(=O)oc2cc(NC(=O)C3CCN(C(=O)c4ccc(C#N)cc4)CC3)ccc12. The van der Waals surface area contributed by atoms with Gasteiger partial charge in [-0.2, -0.15) is 5.26 Å². The van der Waals surface area contributed by atoms with Crippen LogP contribution < -0.4 is 10.9 Å². The quantitative estimate of drug-likeness (QED) is 0.660. The van der Waals surface area contributed by atoms with E-state index >= 15 is 0 Å². The Bertz CT molecular complexity index is 1250. The van der Waals surface area contributed by atoms with Crippen LogP contribution in [0.4, 0.5) is 5.69 Å². The Morgan fingerprint density at radius 3 is 2.48 bits per heavy atom. The number of rotatable bonds is 3. The molecule has 1 aliphatic heterocycles. The summed E-state index contributed by atoms with van der Waals surface area (Å²) in [5.41, 5.74) is 2.45. The minimum atomic E-state index is -0.423. The maximum absolute atomic E-state index is 12.7. The van der Waals surface area contributed by atoms with Gasteiger partial charge in [0.05, 0.1) is 11.6 Å². The van der Waals surface area contributed by atoms with Gasteiger partial charge in [-0.15, -0.1) is 0 Å². The van der Waals surface area contributed by atoms with Crippen molar-refractivity contribution in [3.63, 3.8) is 0 Å². The van der Waals surface area contributed by atoms with Gasteiger partial charge in [0.15, 0.2) is 0 Å². The van der Waals surface area contributed by atoms with Crippen LogP contribution in [0.3, 0.4) is 0 Å². The second-order valence-corrected chi connectivity index (χ2v) is 7.70. The lowest BCUT2D eigenvalue weighted by atomic mass is 9.95. The molecule has 2 aromatic carbocycles. The van der Waals surface area contributed by atoms with Gasteiger partial charge in [0.25, 0.3) is 5.91 Å². The van der Waals surface area contributed by atoms with Crippen molar-refractivity contribution < 1.29 is 14.0 Å². The molecule has 0 atom stereocenters. The van der Waals surface area contributed by atoms with Gasteiger partial charge in [0, 0.05) is 47.8 Å². The number of carbonyl (C=O) groups is 2. The topological polar surface area (TPSA) is 103 Å². The van der Waals surface area contributed by atoms with E-state index in [9.17, 15) is 14.4 Å². The number of piperidine rings is 1. The lowest BCUT2D eigenvalue weighted by molar-refractivity contribution is -0.121. The molecule has 0 unspecified atom stereocenters. The molecular formula is C24H21N3O4. The van der Waals surface area contributed by atoms with Crippen molar-refractivity contribution in [2.24, 2.45) is 5.92 Å². The highest BCUT2D eigenvalue weighted by molar-refractivity contribution is 5.96. The van der Waals surface area contributed by atoms with E-state index in [0.717, 1.165) is 10.9 Å². The molecule has 4 rings (SSSR count). The number of hydrogen-bond donors (Lipinski definition) is 1. The van der Waals surface area contributed by atoms with Crippen molar-refractivity contribution in [2.75, 3.05) is 18.4 Å². The Kier molecular flexibility index (Phi) is 5.54. The van der Waals surface area contributed by atoms with Crippen LogP contribution in [0.1, 0.15) is 34.3 Å². The zero-order valence-corrected chi connectivity index (χ0v) is 17.1. The Morgan fingerprint density at radius 2 is 1.81 bits per heavy atom. The van der Waals surface area contributed by atoms with Crippen molar-refractivity contribution in [2.45, 2.75) is 19.8 Å². The predicted molar refractivity (Wildman–Crippen MR) is 116 cm³/mol. The van der Waals surface area contributed by atoms with E-state index in [2.05, 4.69) is 5.32 Å². The molecule has 31 heavy (non-hydrogen) atoms. The summed E-state index contributed by atoms with van der Waals surface area (Å²) >= 11 is 0. The van der Waals surface area contributed by atoms with Crippen molar-refractivity contribution >= 4 is 28.5 Å². The van der Waals surface area contributed by atoms with E-state index in [0.29, 0.717) is 48.3 Å². The number of fused-ring (bicyclic) bond motifs is 1. The van der Waals surface area contributed by atoms with Crippen molar-refractivity contribution in [1.82, 2.24) is 4.90 Å². The number of anilines is 1.